The van der Waals surface area contributed by atoms with Crippen molar-refractivity contribution in [2.24, 2.45) is 5.92 Å². The molecule has 2 aromatic heterocycles. The van der Waals surface area contributed by atoms with E-state index in [0.717, 1.165) is 40.7 Å². The zero-order valence-corrected chi connectivity index (χ0v) is 17.4. The number of carbonyl (C=O) groups excluding carboxylic acids is 1. The first-order chi connectivity index (χ1) is 13.0. The Balaban J connectivity index is 2.14. The van der Waals surface area contributed by atoms with Gasteiger partial charge in [0, 0.05) is 25.4 Å². The average molecular weight is 395 g/mol. The van der Waals surface area contributed by atoms with Crippen LogP contribution in [0.25, 0.3) is 11.0 Å². The second kappa shape index (κ2) is 11.1. The largest absolute Gasteiger partial charge is 0.372 e. The lowest BCUT2D eigenvalue weighted by molar-refractivity contribution is -0.125. The number of thioether (sulfide) groups is 1. The Hall–Kier alpha value is -1.87. The van der Waals surface area contributed by atoms with Crippen LogP contribution in [0.5, 0.6) is 0 Å². The highest BCUT2D eigenvalue weighted by Crippen LogP contribution is 2.25. The minimum absolute atomic E-state index is 0.0829. The van der Waals surface area contributed by atoms with Gasteiger partial charge < -0.3 is 15.4 Å². The van der Waals surface area contributed by atoms with Gasteiger partial charge in [-0.1, -0.05) is 32.5 Å². The number of nitrogens with zero attached hydrogens (tertiary/aromatic N) is 4. The summed E-state index contributed by atoms with van der Waals surface area (Å²) in [5.41, 5.74) is 0.786. The zero-order chi connectivity index (χ0) is 19.6. The Kier molecular flexibility index (Phi) is 8.80. The summed E-state index contributed by atoms with van der Waals surface area (Å²) in [6, 6.07) is 0. The third kappa shape index (κ3) is 6.66. The highest BCUT2D eigenvalue weighted by molar-refractivity contribution is 7.99. The molecule has 0 aliphatic rings. The first-order valence-electron chi connectivity index (χ1n) is 9.49. The number of hydrogen-bond acceptors (Lipinski definition) is 7. The van der Waals surface area contributed by atoms with Gasteiger partial charge in [0.15, 0.2) is 10.8 Å². The van der Waals surface area contributed by atoms with Crippen molar-refractivity contribution in [3.63, 3.8) is 0 Å². The van der Waals surface area contributed by atoms with Crippen LogP contribution < -0.4 is 10.6 Å². The maximum absolute atomic E-state index is 11.7. The molecule has 0 saturated heterocycles. The van der Waals surface area contributed by atoms with E-state index < -0.39 is 0 Å². The monoisotopic (exact) mass is 394 g/mol. The van der Waals surface area contributed by atoms with E-state index in [4.69, 9.17) is 4.74 Å². The second-order valence-corrected chi connectivity index (χ2v) is 7.63. The van der Waals surface area contributed by atoms with E-state index in [1.54, 1.807) is 18.0 Å². The van der Waals surface area contributed by atoms with Crippen LogP contribution in [0.1, 0.15) is 34.1 Å². The van der Waals surface area contributed by atoms with Gasteiger partial charge >= 0.3 is 0 Å². The molecule has 2 N–H and O–H groups in total. The molecule has 0 atom stereocenters. The van der Waals surface area contributed by atoms with Crippen LogP contribution in [0.2, 0.25) is 0 Å². The fourth-order valence-corrected chi connectivity index (χ4v) is 3.03. The molecule has 0 unspecified atom stereocenters. The normalized spacial score (nSPS) is 11.3. The van der Waals surface area contributed by atoms with Gasteiger partial charge in [-0.25, -0.2) is 14.6 Å². The summed E-state index contributed by atoms with van der Waals surface area (Å²) >= 11 is 1.64. The minimum atomic E-state index is -0.124. The Bertz CT molecular complexity index is 734. The molecule has 0 aliphatic heterocycles. The van der Waals surface area contributed by atoms with Crippen molar-refractivity contribution in [2.45, 2.75) is 45.8 Å². The molecule has 2 aromatic rings. The highest BCUT2D eigenvalue weighted by Gasteiger charge is 2.14. The van der Waals surface area contributed by atoms with E-state index in [0.29, 0.717) is 25.6 Å². The number of carbonyl (C=O) groups is 1. The summed E-state index contributed by atoms with van der Waals surface area (Å²) in [4.78, 5) is 21.0. The van der Waals surface area contributed by atoms with Crippen molar-refractivity contribution in [1.29, 1.82) is 0 Å². The topological polar surface area (TPSA) is 94.0 Å². The number of ether oxygens (including phenoxy) is 1. The van der Waals surface area contributed by atoms with Crippen LogP contribution in [0.3, 0.4) is 0 Å². The van der Waals surface area contributed by atoms with E-state index >= 15 is 0 Å². The summed E-state index contributed by atoms with van der Waals surface area (Å²) in [5, 5.41) is 12.3. The van der Waals surface area contributed by atoms with Gasteiger partial charge in [0.1, 0.15) is 12.4 Å². The van der Waals surface area contributed by atoms with Crippen LogP contribution in [0.4, 0.5) is 5.82 Å². The zero-order valence-electron chi connectivity index (χ0n) is 16.6. The summed E-state index contributed by atoms with van der Waals surface area (Å²) in [6.07, 6.45) is 2.85. The van der Waals surface area contributed by atoms with Crippen molar-refractivity contribution in [3.05, 3.63) is 6.20 Å². The smallest absolute Gasteiger partial charge is 0.246 e. The molecule has 2 rings (SSSR count). The van der Waals surface area contributed by atoms with Crippen molar-refractivity contribution >= 4 is 34.5 Å². The lowest BCUT2D eigenvalue weighted by Crippen LogP contribution is -2.30. The molecule has 0 spiro atoms. The number of aromatic nitrogens is 4. The first kappa shape index (κ1) is 21.4. The summed E-state index contributed by atoms with van der Waals surface area (Å²) in [6.45, 7) is 10.8. The quantitative estimate of drug-likeness (QED) is 0.422. The molecule has 0 fully saturated rings. The summed E-state index contributed by atoms with van der Waals surface area (Å²) in [7, 11) is 0. The third-order valence-electron chi connectivity index (χ3n) is 3.67. The Morgan fingerprint density at radius 1 is 1.33 bits per heavy atom. The van der Waals surface area contributed by atoms with Gasteiger partial charge in [-0.2, -0.15) is 5.10 Å². The Labute approximate surface area is 164 Å². The molecule has 0 radical (unpaired) electrons. The van der Waals surface area contributed by atoms with Crippen LogP contribution in [-0.2, 0) is 16.1 Å². The fraction of sp³-hybridized carbons (Fsp3) is 0.667. The van der Waals surface area contributed by atoms with E-state index in [1.807, 2.05) is 11.6 Å². The minimum Gasteiger partial charge on any atom is -0.372 e. The van der Waals surface area contributed by atoms with E-state index in [9.17, 15) is 4.79 Å². The molecule has 0 bridgehead atoms. The molecule has 1 amide bonds. The number of rotatable bonds is 12. The van der Waals surface area contributed by atoms with Crippen molar-refractivity contribution in [3.8, 4) is 0 Å². The molecular weight excluding hydrogens is 364 g/mol. The van der Waals surface area contributed by atoms with Gasteiger partial charge in [0.2, 0.25) is 5.91 Å². The fourth-order valence-electron chi connectivity index (χ4n) is 2.34. The SMILES string of the molecule is CCCSc1nc(NCC(C)C)c2cnn(CCNC(=O)COCC)c2n1. The number of anilines is 1. The number of nitrogens with one attached hydrogen (secondary N) is 2. The highest BCUT2D eigenvalue weighted by atomic mass is 32.2. The number of fused-ring (bicyclic) bond motifs is 1. The Morgan fingerprint density at radius 2 is 2.15 bits per heavy atom. The van der Waals surface area contributed by atoms with Gasteiger partial charge in [-0.3, -0.25) is 4.79 Å². The first-order valence-corrected chi connectivity index (χ1v) is 10.5. The molecule has 0 saturated carbocycles. The maximum atomic E-state index is 11.7. The summed E-state index contributed by atoms with van der Waals surface area (Å²) in [5.74, 6) is 2.18. The van der Waals surface area contributed by atoms with Crippen LogP contribution in [0, 0.1) is 5.92 Å². The van der Waals surface area contributed by atoms with Crippen molar-refractivity contribution in [1.82, 2.24) is 25.1 Å². The predicted octanol–water partition coefficient (Wildman–Crippen LogP) is 2.55. The van der Waals surface area contributed by atoms with Crippen LogP contribution >= 0.6 is 11.8 Å². The van der Waals surface area contributed by atoms with Gasteiger partial charge in [-0.05, 0) is 19.3 Å². The lowest BCUT2D eigenvalue weighted by Gasteiger charge is -2.11. The van der Waals surface area contributed by atoms with Gasteiger partial charge in [0.05, 0.1) is 18.1 Å². The van der Waals surface area contributed by atoms with Crippen LogP contribution in [0.15, 0.2) is 11.4 Å². The number of hydrogen-bond donors (Lipinski definition) is 2. The van der Waals surface area contributed by atoms with Crippen molar-refractivity contribution < 1.29 is 9.53 Å². The number of amides is 1. The molecule has 150 valence electrons. The standard InChI is InChI=1S/C18H30N6O2S/c1-5-9-27-18-22-16(20-10-13(3)4)14-11-21-24(17(14)23-18)8-7-19-15(25)12-26-6-2/h11,13H,5-10,12H2,1-4H3,(H,19,25)(H,20,22,23). The Morgan fingerprint density at radius 3 is 2.85 bits per heavy atom. The van der Waals surface area contributed by atoms with Gasteiger partial charge in [0.25, 0.3) is 0 Å². The third-order valence-corrected chi connectivity index (χ3v) is 4.72. The predicted molar refractivity (Wildman–Crippen MR) is 109 cm³/mol. The molecule has 27 heavy (non-hydrogen) atoms. The van der Waals surface area contributed by atoms with Crippen LogP contribution in [-0.4, -0.2) is 57.7 Å². The van der Waals surface area contributed by atoms with Crippen molar-refractivity contribution in [2.75, 3.05) is 37.4 Å². The summed E-state index contributed by atoms with van der Waals surface area (Å²) < 4.78 is 6.92. The molecule has 0 aliphatic carbocycles. The van der Waals surface area contributed by atoms with E-state index in [1.165, 1.54) is 0 Å². The average Bonchev–Trinajstić information content (AvgIpc) is 3.05. The lowest BCUT2D eigenvalue weighted by atomic mass is 10.2. The molecule has 0 aromatic carbocycles. The molecule has 8 nitrogen and oxygen atoms in total. The molecular formula is C18H30N6O2S. The van der Waals surface area contributed by atoms with E-state index in [-0.39, 0.29) is 12.5 Å². The second-order valence-electron chi connectivity index (χ2n) is 6.57. The molecule has 9 heteroatoms. The molecule has 2 heterocycles. The van der Waals surface area contributed by atoms with E-state index in [2.05, 4.69) is 46.5 Å². The van der Waals surface area contributed by atoms with Gasteiger partial charge in [-0.15, -0.1) is 0 Å². The maximum Gasteiger partial charge on any atom is 0.246 e.